The zero-order chi connectivity index (χ0) is 14.2. The molecule has 1 aliphatic rings. The van der Waals surface area contributed by atoms with Crippen LogP contribution in [0.25, 0.3) is 0 Å². The Kier molecular flexibility index (Phi) is 6.36. The lowest BCUT2D eigenvalue weighted by molar-refractivity contribution is 0.0166. The summed E-state index contributed by atoms with van der Waals surface area (Å²) in [6.07, 6.45) is 3.29. The Hall–Kier alpha value is -1.04. The SMILES string of the molecule is Fc1ccc(F)c(CNCCCOCC2CCCO2)c1. The van der Waals surface area contributed by atoms with Gasteiger partial charge >= 0.3 is 0 Å². The third kappa shape index (κ3) is 5.15. The summed E-state index contributed by atoms with van der Waals surface area (Å²) in [4.78, 5) is 0. The molecule has 5 heteroatoms. The molecule has 0 radical (unpaired) electrons. The number of rotatable bonds is 8. The van der Waals surface area contributed by atoms with Gasteiger partial charge in [0.15, 0.2) is 0 Å². The minimum Gasteiger partial charge on any atom is -0.379 e. The molecule has 0 aliphatic carbocycles. The predicted octanol–water partition coefficient (Wildman–Crippen LogP) is 2.64. The van der Waals surface area contributed by atoms with Crippen molar-refractivity contribution in [2.75, 3.05) is 26.4 Å². The molecular formula is C15H21F2NO2. The van der Waals surface area contributed by atoms with E-state index in [4.69, 9.17) is 9.47 Å². The molecule has 0 spiro atoms. The van der Waals surface area contributed by atoms with Crippen LogP contribution in [0.5, 0.6) is 0 Å². The molecule has 0 saturated carbocycles. The molecule has 1 aliphatic heterocycles. The average Bonchev–Trinajstić information content (AvgIpc) is 2.94. The van der Waals surface area contributed by atoms with Gasteiger partial charge in [-0.1, -0.05) is 0 Å². The van der Waals surface area contributed by atoms with E-state index in [9.17, 15) is 8.78 Å². The van der Waals surface area contributed by atoms with Crippen molar-refractivity contribution in [3.05, 3.63) is 35.4 Å². The van der Waals surface area contributed by atoms with Gasteiger partial charge in [-0.05, 0) is 44.0 Å². The third-order valence-corrected chi connectivity index (χ3v) is 3.29. The van der Waals surface area contributed by atoms with E-state index < -0.39 is 5.82 Å². The first kappa shape index (κ1) is 15.4. The van der Waals surface area contributed by atoms with E-state index in [0.29, 0.717) is 31.9 Å². The maximum Gasteiger partial charge on any atom is 0.127 e. The summed E-state index contributed by atoms with van der Waals surface area (Å²) >= 11 is 0. The molecule has 1 aromatic carbocycles. The number of hydrogen-bond donors (Lipinski definition) is 1. The highest BCUT2D eigenvalue weighted by molar-refractivity contribution is 5.18. The topological polar surface area (TPSA) is 30.5 Å². The maximum absolute atomic E-state index is 13.3. The number of benzene rings is 1. The lowest BCUT2D eigenvalue weighted by atomic mass is 10.2. The Labute approximate surface area is 118 Å². The van der Waals surface area contributed by atoms with Crippen LogP contribution in [0.3, 0.4) is 0 Å². The van der Waals surface area contributed by atoms with Crippen LogP contribution in [0.2, 0.25) is 0 Å². The van der Waals surface area contributed by atoms with Gasteiger partial charge in [-0.15, -0.1) is 0 Å². The zero-order valence-electron chi connectivity index (χ0n) is 11.5. The number of nitrogens with one attached hydrogen (secondary N) is 1. The summed E-state index contributed by atoms with van der Waals surface area (Å²) in [5, 5.41) is 3.08. The van der Waals surface area contributed by atoms with Crippen LogP contribution in [-0.2, 0) is 16.0 Å². The van der Waals surface area contributed by atoms with Crippen molar-refractivity contribution < 1.29 is 18.3 Å². The first-order chi connectivity index (χ1) is 9.75. The standard InChI is InChI=1S/C15H21F2NO2/c16-13-4-5-15(17)12(9-13)10-18-6-2-7-19-11-14-3-1-8-20-14/h4-5,9,14,18H,1-3,6-8,10-11H2. The van der Waals surface area contributed by atoms with Gasteiger partial charge in [0, 0.05) is 25.3 Å². The van der Waals surface area contributed by atoms with Crippen molar-refractivity contribution in [3.8, 4) is 0 Å². The van der Waals surface area contributed by atoms with Crippen LogP contribution < -0.4 is 5.32 Å². The van der Waals surface area contributed by atoms with Gasteiger partial charge in [0.05, 0.1) is 12.7 Å². The van der Waals surface area contributed by atoms with Gasteiger partial charge in [0.25, 0.3) is 0 Å². The second kappa shape index (κ2) is 8.29. The number of hydrogen-bond acceptors (Lipinski definition) is 3. The summed E-state index contributed by atoms with van der Waals surface area (Å²) in [6, 6.07) is 3.49. The summed E-state index contributed by atoms with van der Waals surface area (Å²) in [7, 11) is 0. The molecule has 1 saturated heterocycles. The van der Waals surface area contributed by atoms with Crippen molar-refractivity contribution in [1.29, 1.82) is 0 Å². The average molecular weight is 285 g/mol. The molecule has 2 rings (SSSR count). The van der Waals surface area contributed by atoms with Gasteiger partial charge in [-0.2, -0.15) is 0 Å². The molecule has 1 unspecified atom stereocenters. The van der Waals surface area contributed by atoms with Crippen molar-refractivity contribution in [3.63, 3.8) is 0 Å². The summed E-state index contributed by atoms with van der Waals surface area (Å²) in [5.74, 6) is -0.795. The molecule has 1 N–H and O–H groups in total. The second-order valence-electron chi connectivity index (χ2n) is 4.98. The minimum atomic E-state index is -0.414. The molecule has 0 bridgehead atoms. The van der Waals surface area contributed by atoms with Gasteiger partial charge < -0.3 is 14.8 Å². The largest absolute Gasteiger partial charge is 0.379 e. The van der Waals surface area contributed by atoms with Crippen molar-refractivity contribution in [2.45, 2.75) is 31.9 Å². The first-order valence-corrected chi connectivity index (χ1v) is 7.09. The van der Waals surface area contributed by atoms with E-state index in [1.165, 1.54) is 6.07 Å². The molecule has 3 nitrogen and oxygen atoms in total. The van der Waals surface area contributed by atoms with E-state index in [-0.39, 0.29) is 11.9 Å². The van der Waals surface area contributed by atoms with E-state index in [0.717, 1.165) is 38.0 Å². The number of halogens is 2. The van der Waals surface area contributed by atoms with Crippen molar-refractivity contribution >= 4 is 0 Å². The Morgan fingerprint density at radius 2 is 2.25 bits per heavy atom. The van der Waals surface area contributed by atoms with E-state index in [1.807, 2.05) is 0 Å². The highest BCUT2D eigenvalue weighted by Crippen LogP contribution is 2.12. The Balaban J connectivity index is 1.51. The lowest BCUT2D eigenvalue weighted by Gasteiger charge is -2.10. The Morgan fingerprint density at radius 1 is 1.35 bits per heavy atom. The molecule has 1 atom stereocenters. The minimum absolute atomic E-state index is 0.254. The van der Waals surface area contributed by atoms with Crippen LogP contribution in [0.1, 0.15) is 24.8 Å². The Bertz CT molecular complexity index is 409. The normalized spacial score (nSPS) is 18.6. The summed E-state index contributed by atoms with van der Waals surface area (Å²) < 4.78 is 37.2. The fourth-order valence-corrected chi connectivity index (χ4v) is 2.19. The van der Waals surface area contributed by atoms with Crippen LogP contribution >= 0.6 is 0 Å². The van der Waals surface area contributed by atoms with Crippen LogP contribution in [0.15, 0.2) is 18.2 Å². The molecule has 1 fully saturated rings. The summed E-state index contributed by atoms with van der Waals surface area (Å²) in [6.45, 7) is 3.18. The van der Waals surface area contributed by atoms with Gasteiger partial charge in [-0.25, -0.2) is 8.78 Å². The van der Waals surface area contributed by atoms with E-state index >= 15 is 0 Å². The first-order valence-electron chi connectivity index (χ1n) is 7.09. The number of ether oxygens (including phenoxy) is 2. The van der Waals surface area contributed by atoms with Gasteiger partial charge in [0.1, 0.15) is 11.6 Å². The third-order valence-electron chi connectivity index (χ3n) is 3.29. The maximum atomic E-state index is 13.3. The van der Waals surface area contributed by atoms with Crippen LogP contribution in [0, 0.1) is 11.6 Å². The predicted molar refractivity (Wildman–Crippen MR) is 72.5 cm³/mol. The highest BCUT2D eigenvalue weighted by Gasteiger charge is 2.14. The molecule has 0 aromatic heterocycles. The smallest absolute Gasteiger partial charge is 0.127 e. The molecule has 112 valence electrons. The van der Waals surface area contributed by atoms with Crippen LogP contribution in [-0.4, -0.2) is 32.5 Å². The van der Waals surface area contributed by atoms with Crippen LogP contribution in [0.4, 0.5) is 8.78 Å². The lowest BCUT2D eigenvalue weighted by Crippen LogP contribution is -2.19. The highest BCUT2D eigenvalue weighted by atomic mass is 19.1. The van der Waals surface area contributed by atoms with Gasteiger partial charge in [-0.3, -0.25) is 0 Å². The zero-order valence-corrected chi connectivity index (χ0v) is 11.5. The fourth-order valence-electron chi connectivity index (χ4n) is 2.19. The molecular weight excluding hydrogens is 264 g/mol. The van der Waals surface area contributed by atoms with E-state index in [2.05, 4.69) is 5.32 Å². The van der Waals surface area contributed by atoms with Crippen molar-refractivity contribution in [2.24, 2.45) is 0 Å². The fraction of sp³-hybridized carbons (Fsp3) is 0.600. The molecule has 20 heavy (non-hydrogen) atoms. The van der Waals surface area contributed by atoms with Gasteiger partial charge in [0.2, 0.25) is 0 Å². The van der Waals surface area contributed by atoms with E-state index in [1.54, 1.807) is 0 Å². The second-order valence-corrected chi connectivity index (χ2v) is 4.98. The molecule has 0 amide bonds. The van der Waals surface area contributed by atoms with Crippen molar-refractivity contribution in [1.82, 2.24) is 5.32 Å². The summed E-state index contributed by atoms with van der Waals surface area (Å²) in [5.41, 5.74) is 0.352. The monoisotopic (exact) mass is 285 g/mol. The molecule has 1 heterocycles. The quantitative estimate of drug-likeness (QED) is 0.745. The Morgan fingerprint density at radius 3 is 3.05 bits per heavy atom. The molecule has 1 aromatic rings.